The predicted molar refractivity (Wildman–Crippen MR) is 223 cm³/mol. The van der Waals surface area contributed by atoms with Gasteiger partial charge in [0.15, 0.2) is 0 Å². The number of para-hydroxylation sites is 1. The van der Waals surface area contributed by atoms with Crippen LogP contribution in [-0.2, 0) is 16.8 Å². The molecule has 5 N–H and O–H groups in total. The summed E-state index contributed by atoms with van der Waals surface area (Å²) in [5.74, 6) is -0.659. The number of aliphatic hydroxyl groups excluding tert-OH is 2. The number of nitrogens with zero attached hydrogens (tertiary/aromatic N) is 2. The summed E-state index contributed by atoms with van der Waals surface area (Å²) in [5.41, 5.74) is 3.69. The van der Waals surface area contributed by atoms with E-state index in [9.17, 15) is 19.8 Å². The predicted octanol–water partition coefficient (Wildman–Crippen LogP) is 7.79. The average molecular weight is 784 g/mol. The lowest BCUT2D eigenvalue weighted by molar-refractivity contribution is -0.125. The molecule has 0 bridgehead atoms. The van der Waals surface area contributed by atoms with E-state index in [0.29, 0.717) is 28.9 Å². The van der Waals surface area contributed by atoms with Crippen LogP contribution >= 0.6 is 11.6 Å². The van der Waals surface area contributed by atoms with Gasteiger partial charge in [0, 0.05) is 23.5 Å². The molecule has 2 aliphatic carbocycles. The van der Waals surface area contributed by atoms with E-state index in [2.05, 4.69) is 56.6 Å². The molecule has 6 aromatic rings. The Morgan fingerprint density at radius 2 is 1.37 bits per heavy atom. The van der Waals surface area contributed by atoms with E-state index in [1.165, 1.54) is 6.42 Å². The van der Waals surface area contributed by atoms with Crippen molar-refractivity contribution in [3.05, 3.63) is 161 Å². The Bertz CT molecular complexity index is 2170. The lowest BCUT2D eigenvalue weighted by Crippen LogP contribution is -2.56. The fourth-order valence-electron chi connectivity index (χ4n) is 8.85. The van der Waals surface area contributed by atoms with Crippen molar-refractivity contribution in [2.24, 2.45) is 11.8 Å². The van der Waals surface area contributed by atoms with Crippen molar-refractivity contribution in [3.63, 3.8) is 0 Å². The maximum Gasteiger partial charge on any atom is 0.269 e. The molecule has 2 aliphatic rings. The van der Waals surface area contributed by atoms with E-state index < -0.39 is 41.6 Å². The number of aromatic nitrogens is 3. The fourth-order valence-corrected chi connectivity index (χ4v) is 9.15. The smallest absolute Gasteiger partial charge is 0.269 e. The van der Waals surface area contributed by atoms with Crippen molar-refractivity contribution in [3.8, 4) is 0 Å². The first-order valence-corrected chi connectivity index (χ1v) is 20.6. The maximum atomic E-state index is 14.6. The van der Waals surface area contributed by atoms with Crippen LogP contribution in [0.15, 0.2) is 128 Å². The molecule has 57 heavy (non-hydrogen) atoms. The number of aliphatic hydroxyl groups is 2. The molecule has 0 unspecified atom stereocenters. The van der Waals surface area contributed by atoms with Crippen LogP contribution in [0.5, 0.6) is 0 Å². The Morgan fingerprint density at radius 1 is 0.789 bits per heavy atom. The molecular formula is C47H50ClN5O4. The summed E-state index contributed by atoms with van der Waals surface area (Å²) in [7, 11) is 0. The van der Waals surface area contributed by atoms with Gasteiger partial charge in [0.05, 0.1) is 29.2 Å². The number of aromatic amines is 1. The number of carbonyl (C=O) groups is 2. The Hall–Kier alpha value is -5.22. The van der Waals surface area contributed by atoms with Crippen molar-refractivity contribution >= 4 is 34.3 Å². The Labute approximate surface area is 338 Å². The number of carbonyl (C=O) groups excluding carboxylic acids is 2. The minimum absolute atomic E-state index is 0.0217. The van der Waals surface area contributed by atoms with Gasteiger partial charge in [-0.3, -0.25) is 9.59 Å². The molecule has 8 rings (SSSR count). The molecule has 2 aromatic heterocycles. The standard InChI is InChI=1S/C47H50ClN5O4/c48-41-37-23-13-14-24-38(37)50-42(41)46(57)52-40(45(56)51-39(27-31-15-5-1-6-16-31)44(55)43(54)32-25-26-32)28-36-29-53(30-49-36)47(33-17-7-2-8-18-33,34-19-9-3-10-20-34)35-21-11-4-12-22-35/h2-4,7-14,17-24,29-32,39-40,43-44,50,54-55H,1,5-6,15-16,25-28H2,(H,51,56)(H,52,57)/t39-,40-,43-,44+/m0/s1. The number of amides is 2. The zero-order valence-electron chi connectivity index (χ0n) is 31.9. The van der Waals surface area contributed by atoms with E-state index in [0.717, 1.165) is 55.2 Å². The third-order valence-electron chi connectivity index (χ3n) is 12.0. The van der Waals surface area contributed by atoms with E-state index in [4.69, 9.17) is 16.6 Å². The number of benzene rings is 4. The Morgan fingerprint density at radius 3 is 1.95 bits per heavy atom. The zero-order valence-corrected chi connectivity index (χ0v) is 32.7. The summed E-state index contributed by atoms with van der Waals surface area (Å²) in [6.45, 7) is 0. The van der Waals surface area contributed by atoms with Crippen LogP contribution in [0.4, 0.5) is 0 Å². The highest BCUT2D eigenvalue weighted by molar-refractivity contribution is 6.38. The van der Waals surface area contributed by atoms with Gasteiger partial charge >= 0.3 is 0 Å². The third kappa shape index (κ3) is 8.15. The van der Waals surface area contributed by atoms with Crippen molar-refractivity contribution in [2.75, 3.05) is 0 Å². The average Bonchev–Trinajstić information content (AvgIpc) is 3.92. The summed E-state index contributed by atoms with van der Waals surface area (Å²) in [5, 5.41) is 29.7. The monoisotopic (exact) mass is 783 g/mol. The SMILES string of the molecule is O=C(N[C@@H](Cc1cn(C(c2ccccc2)(c2ccccc2)c2ccccc2)cn1)C(=O)N[C@@H](CC1CCCCC1)[C@@H](O)[C@@H](O)C1CC1)c1[nH]c2ccccc2c1Cl. The van der Waals surface area contributed by atoms with E-state index in [1.807, 2.05) is 85.1 Å². The summed E-state index contributed by atoms with van der Waals surface area (Å²) in [4.78, 5) is 36.7. The maximum absolute atomic E-state index is 14.6. The fraction of sp³-hybridized carbons (Fsp3) is 0.340. The topological polar surface area (TPSA) is 132 Å². The molecule has 2 fully saturated rings. The lowest BCUT2D eigenvalue weighted by atomic mass is 9.77. The highest BCUT2D eigenvalue weighted by Crippen LogP contribution is 2.41. The molecule has 4 aromatic carbocycles. The van der Waals surface area contributed by atoms with Crippen LogP contribution in [0.3, 0.4) is 0 Å². The molecule has 0 spiro atoms. The van der Waals surface area contributed by atoms with Gasteiger partial charge in [0.25, 0.3) is 5.91 Å². The van der Waals surface area contributed by atoms with Crippen LogP contribution in [0.25, 0.3) is 10.9 Å². The van der Waals surface area contributed by atoms with Crippen molar-refractivity contribution in [1.29, 1.82) is 0 Å². The summed E-state index contributed by atoms with van der Waals surface area (Å²) >= 11 is 6.74. The molecular weight excluding hydrogens is 734 g/mol. The number of halogens is 1. The van der Waals surface area contributed by atoms with Gasteiger partial charge in [-0.2, -0.15) is 0 Å². The number of H-pyrrole nitrogens is 1. The molecule has 2 amide bonds. The zero-order chi connectivity index (χ0) is 39.4. The molecule has 294 valence electrons. The van der Waals surface area contributed by atoms with Gasteiger partial charge in [-0.25, -0.2) is 4.98 Å². The van der Waals surface area contributed by atoms with Crippen LogP contribution in [0.2, 0.25) is 5.02 Å². The first-order valence-electron chi connectivity index (χ1n) is 20.3. The minimum Gasteiger partial charge on any atom is -0.390 e. The van der Waals surface area contributed by atoms with Gasteiger partial charge in [0.1, 0.15) is 23.4 Å². The normalized spacial score (nSPS) is 17.1. The van der Waals surface area contributed by atoms with E-state index in [-0.39, 0.29) is 23.1 Å². The second-order valence-electron chi connectivity index (χ2n) is 15.8. The largest absolute Gasteiger partial charge is 0.390 e. The first kappa shape index (κ1) is 38.6. The quantitative estimate of drug-likeness (QED) is 0.0679. The van der Waals surface area contributed by atoms with Gasteiger partial charge in [-0.05, 0) is 53.9 Å². The molecule has 0 radical (unpaired) electrons. The number of hydrogen-bond donors (Lipinski definition) is 5. The third-order valence-corrected chi connectivity index (χ3v) is 12.4. The van der Waals surface area contributed by atoms with Gasteiger partial charge in [0.2, 0.25) is 5.91 Å². The van der Waals surface area contributed by atoms with E-state index >= 15 is 0 Å². The van der Waals surface area contributed by atoms with Crippen LogP contribution in [0.1, 0.15) is 84.2 Å². The van der Waals surface area contributed by atoms with Crippen molar-refractivity contribution < 1.29 is 19.8 Å². The highest BCUT2D eigenvalue weighted by atomic mass is 35.5. The van der Waals surface area contributed by atoms with Crippen molar-refractivity contribution in [1.82, 2.24) is 25.2 Å². The van der Waals surface area contributed by atoms with Gasteiger partial charge < -0.3 is 30.4 Å². The number of imidazole rings is 1. The molecule has 2 heterocycles. The Kier molecular flexibility index (Phi) is 11.6. The second kappa shape index (κ2) is 17.1. The molecule has 0 saturated heterocycles. The second-order valence-corrected chi connectivity index (χ2v) is 16.2. The van der Waals surface area contributed by atoms with Gasteiger partial charge in [-0.15, -0.1) is 0 Å². The van der Waals surface area contributed by atoms with Crippen LogP contribution in [-0.4, -0.2) is 60.9 Å². The summed E-state index contributed by atoms with van der Waals surface area (Å²) in [6.07, 6.45) is 9.39. The molecule has 0 aliphatic heterocycles. The molecule has 2 saturated carbocycles. The van der Waals surface area contributed by atoms with Crippen LogP contribution < -0.4 is 10.6 Å². The highest BCUT2D eigenvalue weighted by Gasteiger charge is 2.41. The number of nitrogens with one attached hydrogen (secondary N) is 3. The molecule has 4 atom stereocenters. The van der Waals surface area contributed by atoms with Crippen molar-refractivity contribution in [2.45, 2.75) is 87.6 Å². The minimum atomic E-state index is -1.13. The summed E-state index contributed by atoms with van der Waals surface area (Å²) < 4.78 is 2.08. The number of hydrogen-bond acceptors (Lipinski definition) is 5. The first-order chi connectivity index (χ1) is 27.8. The number of fused-ring (bicyclic) bond motifs is 1. The Balaban J connectivity index is 1.16. The summed E-state index contributed by atoms with van der Waals surface area (Å²) in [6, 6.07) is 36.4. The number of rotatable bonds is 15. The van der Waals surface area contributed by atoms with Crippen LogP contribution in [0, 0.1) is 11.8 Å². The van der Waals surface area contributed by atoms with E-state index in [1.54, 1.807) is 6.33 Å². The molecule has 10 heteroatoms. The van der Waals surface area contributed by atoms with Gasteiger partial charge in [-0.1, -0.05) is 153 Å². The molecule has 9 nitrogen and oxygen atoms in total. The lowest BCUT2D eigenvalue weighted by Gasteiger charge is -2.37.